The van der Waals surface area contributed by atoms with E-state index in [0.717, 1.165) is 9.35 Å². The van der Waals surface area contributed by atoms with E-state index in [1.807, 2.05) is 25.3 Å². The number of nitrogens with zero attached hydrogens (tertiary/aromatic N) is 1. The number of rotatable bonds is 2. The highest BCUT2D eigenvalue weighted by Gasteiger charge is 2.20. The molecule has 0 aliphatic rings. The molecule has 1 rings (SSSR count). The first kappa shape index (κ1) is 9.65. The van der Waals surface area contributed by atoms with Gasteiger partial charge in [0.2, 0.25) is 6.08 Å². The van der Waals surface area contributed by atoms with Crippen LogP contribution in [0.15, 0.2) is 20.2 Å². The zero-order valence-electron chi connectivity index (χ0n) is 6.80. The van der Waals surface area contributed by atoms with E-state index in [4.69, 9.17) is 0 Å². The molecule has 4 heteroatoms. The molecule has 12 heavy (non-hydrogen) atoms. The van der Waals surface area contributed by atoms with Crippen molar-refractivity contribution in [2.75, 3.05) is 0 Å². The fourth-order valence-electron chi connectivity index (χ4n) is 0.810. The van der Waals surface area contributed by atoms with Crippen LogP contribution in [-0.2, 0) is 10.3 Å². The van der Waals surface area contributed by atoms with Gasteiger partial charge in [-0.15, -0.1) is 11.3 Å². The topological polar surface area (TPSA) is 29.4 Å². The van der Waals surface area contributed by atoms with Gasteiger partial charge in [0.15, 0.2) is 0 Å². The maximum absolute atomic E-state index is 10.1. The van der Waals surface area contributed by atoms with E-state index in [1.54, 1.807) is 17.4 Å². The summed E-state index contributed by atoms with van der Waals surface area (Å²) in [4.78, 5) is 13.8. The first-order valence-electron chi connectivity index (χ1n) is 3.40. The highest BCUT2D eigenvalue weighted by molar-refractivity contribution is 9.11. The molecule has 0 aliphatic heterocycles. The lowest BCUT2D eigenvalue weighted by molar-refractivity contribution is 0.524. The largest absolute Gasteiger partial charge is 0.235 e. The van der Waals surface area contributed by atoms with Crippen molar-refractivity contribution in [3.05, 3.63) is 20.8 Å². The Hall–Kier alpha value is -0.440. The second kappa shape index (κ2) is 3.52. The number of hydrogen-bond acceptors (Lipinski definition) is 3. The van der Waals surface area contributed by atoms with Gasteiger partial charge in [-0.05, 0) is 46.8 Å². The molecule has 0 saturated carbocycles. The Morgan fingerprint density at radius 2 is 2.33 bits per heavy atom. The Bertz CT molecular complexity index is 326. The summed E-state index contributed by atoms with van der Waals surface area (Å²) in [5.74, 6) is 0. The number of carbonyl (C=O) groups excluding carboxylic acids is 1. The maximum Gasteiger partial charge on any atom is 0.235 e. The van der Waals surface area contributed by atoms with Crippen LogP contribution in [0.4, 0.5) is 0 Å². The molecule has 0 atom stereocenters. The molecule has 1 aromatic rings. The van der Waals surface area contributed by atoms with Crippen LogP contribution in [0.3, 0.4) is 0 Å². The average Bonchev–Trinajstić information content (AvgIpc) is 2.36. The number of isocyanates is 1. The van der Waals surface area contributed by atoms with Crippen LogP contribution in [-0.4, -0.2) is 6.08 Å². The molecule has 0 bridgehead atoms. The third kappa shape index (κ3) is 2.03. The first-order valence-corrected chi connectivity index (χ1v) is 5.07. The van der Waals surface area contributed by atoms with Crippen molar-refractivity contribution in [3.63, 3.8) is 0 Å². The smallest absolute Gasteiger partial charge is 0.211 e. The van der Waals surface area contributed by atoms with E-state index in [-0.39, 0.29) is 0 Å². The van der Waals surface area contributed by atoms with Gasteiger partial charge in [-0.1, -0.05) is 0 Å². The zero-order valence-corrected chi connectivity index (χ0v) is 9.20. The Kier molecular flexibility index (Phi) is 2.83. The molecular weight excluding hydrogens is 238 g/mol. The molecule has 64 valence electrons. The number of hydrogen-bond donors (Lipinski definition) is 0. The van der Waals surface area contributed by atoms with Crippen LogP contribution in [0.1, 0.15) is 19.4 Å². The minimum absolute atomic E-state index is 0.454. The minimum Gasteiger partial charge on any atom is -0.211 e. The lowest BCUT2D eigenvalue weighted by atomic mass is 9.99. The minimum atomic E-state index is -0.454. The normalized spacial score (nSPS) is 10.9. The van der Waals surface area contributed by atoms with Crippen LogP contribution in [0, 0.1) is 0 Å². The molecule has 0 saturated heterocycles. The average molecular weight is 246 g/mol. The van der Waals surface area contributed by atoms with E-state index in [1.165, 1.54) is 0 Å². The molecule has 0 unspecified atom stereocenters. The molecule has 1 heterocycles. The van der Waals surface area contributed by atoms with Crippen molar-refractivity contribution in [3.8, 4) is 0 Å². The molecule has 0 aliphatic carbocycles. The molecule has 0 amide bonds. The van der Waals surface area contributed by atoms with Crippen molar-refractivity contribution in [2.45, 2.75) is 19.4 Å². The van der Waals surface area contributed by atoms with Gasteiger partial charge in [-0.25, -0.2) is 4.79 Å². The summed E-state index contributed by atoms with van der Waals surface area (Å²) in [6, 6.07) is 1.96. The van der Waals surface area contributed by atoms with Gasteiger partial charge in [0, 0.05) is 0 Å². The van der Waals surface area contributed by atoms with Crippen molar-refractivity contribution < 1.29 is 4.79 Å². The lowest BCUT2D eigenvalue weighted by Crippen LogP contribution is -2.11. The van der Waals surface area contributed by atoms with Crippen molar-refractivity contribution in [1.29, 1.82) is 0 Å². The Morgan fingerprint density at radius 3 is 2.75 bits per heavy atom. The van der Waals surface area contributed by atoms with Gasteiger partial charge in [0.25, 0.3) is 0 Å². The molecule has 0 spiro atoms. The van der Waals surface area contributed by atoms with E-state index in [9.17, 15) is 4.79 Å². The third-order valence-electron chi connectivity index (χ3n) is 1.60. The van der Waals surface area contributed by atoms with Gasteiger partial charge in [0.05, 0.1) is 9.33 Å². The van der Waals surface area contributed by atoms with Gasteiger partial charge in [-0.3, -0.25) is 0 Å². The molecule has 0 fully saturated rings. The third-order valence-corrected chi connectivity index (χ3v) is 3.10. The summed E-state index contributed by atoms with van der Waals surface area (Å²) >= 11 is 4.94. The van der Waals surface area contributed by atoms with Crippen LogP contribution < -0.4 is 0 Å². The summed E-state index contributed by atoms with van der Waals surface area (Å²) in [5.41, 5.74) is 0.576. The summed E-state index contributed by atoms with van der Waals surface area (Å²) in [7, 11) is 0. The number of thiophene rings is 1. The molecule has 0 N–H and O–H groups in total. The van der Waals surface area contributed by atoms with Crippen molar-refractivity contribution >= 4 is 33.3 Å². The fraction of sp³-hybridized carbons (Fsp3) is 0.375. The predicted molar refractivity (Wildman–Crippen MR) is 53.2 cm³/mol. The van der Waals surface area contributed by atoms with E-state index in [2.05, 4.69) is 20.9 Å². The monoisotopic (exact) mass is 245 g/mol. The van der Waals surface area contributed by atoms with Gasteiger partial charge in [0.1, 0.15) is 0 Å². The van der Waals surface area contributed by atoms with Crippen molar-refractivity contribution in [2.24, 2.45) is 4.99 Å². The van der Waals surface area contributed by atoms with E-state index < -0.39 is 5.54 Å². The Morgan fingerprint density at radius 1 is 1.67 bits per heavy atom. The summed E-state index contributed by atoms with van der Waals surface area (Å²) in [6.07, 6.45) is 1.58. The summed E-state index contributed by atoms with van der Waals surface area (Å²) in [6.45, 7) is 3.76. The van der Waals surface area contributed by atoms with E-state index >= 15 is 0 Å². The van der Waals surface area contributed by atoms with Crippen LogP contribution in [0.25, 0.3) is 0 Å². The first-order chi connectivity index (χ1) is 5.56. The zero-order chi connectivity index (χ0) is 9.19. The maximum atomic E-state index is 10.1. The summed E-state index contributed by atoms with van der Waals surface area (Å²) < 4.78 is 1.05. The predicted octanol–water partition coefficient (Wildman–Crippen LogP) is 3.08. The second-order valence-electron chi connectivity index (χ2n) is 2.90. The highest BCUT2D eigenvalue weighted by Crippen LogP contribution is 2.30. The lowest BCUT2D eigenvalue weighted by Gasteiger charge is -2.14. The molecular formula is C8H8BrNOS. The number of halogens is 1. The van der Waals surface area contributed by atoms with Crippen LogP contribution >= 0.6 is 27.3 Å². The van der Waals surface area contributed by atoms with E-state index in [0.29, 0.717) is 0 Å². The Labute approximate surface area is 83.5 Å². The molecule has 1 aromatic heterocycles. The van der Waals surface area contributed by atoms with Crippen LogP contribution in [0.5, 0.6) is 0 Å². The molecule has 0 radical (unpaired) electrons. The standard InChI is InChI=1S/C8H8BrNOS/c1-8(2,10-5-11)6-3-7(9)12-4-6/h3-4H,1-2H3. The second-order valence-corrected chi connectivity index (χ2v) is 5.19. The fourth-order valence-corrected chi connectivity index (χ4v) is 2.13. The molecule has 0 aromatic carbocycles. The Balaban J connectivity index is 3.04. The summed E-state index contributed by atoms with van der Waals surface area (Å²) in [5, 5.41) is 1.98. The van der Waals surface area contributed by atoms with Gasteiger partial charge >= 0.3 is 0 Å². The van der Waals surface area contributed by atoms with Gasteiger partial charge < -0.3 is 0 Å². The number of aliphatic imine (C=N–C) groups is 1. The SMILES string of the molecule is CC(C)(N=C=O)c1csc(Br)c1. The van der Waals surface area contributed by atoms with Crippen LogP contribution in [0.2, 0.25) is 0 Å². The highest BCUT2D eigenvalue weighted by atomic mass is 79.9. The molecule has 2 nitrogen and oxygen atoms in total. The quantitative estimate of drug-likeness (QED) is 0.582. The van der Waals surface area contributed by atoms with Crippen molar-refractivity contribution in [1.82, 2.24) is 0 Å². The van der Waals surface area contributed by atoms with Gasteiger partial charge in [-0.2, -0.15) is 4.99 Å².